The summed E-state index contributed by atoms with van der Waals surface area (Å²) >= 11 is 0. The average molecular weight is 313 g/mol. The zero-order chi connectivity index (χ0) is 14.6. The first-order valence-corrected chi connectivity index (χ1v) is 6.81. The fourth-order valence-electron chi connectivity index (χ4n) is 2.64. The van der Waals surface area contributed by atoms with E-state index in [9.17, 15) is 9.59 Å². The van der Waals surface area contributed by atoms with Gasteiger partial charge < -0.3 is 15.8 Å². The molecule has 1 aromatic rings. The van der Waals surface area contributed by atoms with E-state index in [0.29, 0.717) is 24.9 Å². The monoisotopic (exact) mass is 312 g/mol. The third kappa shape index (κ3) is 3.74. The lowest BCUT2D eigenvalue weighted by Crippen LogP contribution is -2.53. The maximum absolute atomic E-state index is 12.3. The van der Waals surface area contributed by atoms with Crippen molar-refractivity contribution in [1.29, 1.82) is 0 Å². The molecule has 1 fully saturated rings. The quantitative estimate of drug-likeness (QED) is 0.830. The molecule has 0 unspecified atom stereocenters. The largest absolute Gasteiger partial charge is 0.467 e. The van der Waals surface area contributed by atoms with Gasteiger partial charge in [0.05, 0.1) is 7.11 Å². The summed E-state index contributed by atoms with van der Waals surface area (Å²) in [5, 5.41) is 2.85. The Kier molecular flexibility index (Phi) is 6.18. The summed E-state index contributed by atoms with van der Waals surface area (Å²) in [6.07, 6.45) is 3.10. The van der Waals surface area contributed by atoms with Crippen LogP contribution in [-0.2, 0) is 16.1 Å². The lowest BCUT2D eigenvalue weighted by atomic mass is 9.97. The van der Waals surface area contributed by atoms with Gasteiger partial charge in [0, 0.05) is 12.1 Å². The summed E-state index contributed by atoms with van der Waals surface area (Å²) in [5.74, 6) is -0.609. The molecule has 0 radical (unpaired) electrons. The summed E-state index contributed by atoms with van der Waals surface area (Å²) in [6.45, 7) is 0.438. The highest BCUT2D eigenvalue weighted by Gasteiger charge is 2.43. The number of carbonyl (C=O) groups excluding carboxylic acids is 2. The molecular weight excluding hydrogens is 292 g/mol. The van der Waals surface area contributed by atoms with Gasteiger partial charge in [-0.2, -0.15) is 0 Å². The second-order valence-electron chi connectivity index (χ2n) is 5.14. The average Bonchev–Trinajstić information content (AvgIpc) is 2.96. The van der Waals surface area contributed by atoms with Crippen LogP contribution < -0.4 is 11.1 Å². The normalized spacial score (nSPS) is 15.9. The highest BCUT2D eigenvalue weighted by atomic mass is 35.5. The van der Waals surface area contributed by atoms with E-state index in [0.717, 1.165) is 18.4 Å². The third-order valence-electron chi connectivity index (χ3n) is 3.84. The van der Waals surface area contributed by atoms with Crippen LogP contribution in [0.4, 0.5) is 0 Å². The number of ether oxygens (including phenoxy) is 1. The number of benzene rings is 1. The van der Waals surface area contributed by atoms with Gasteiger partial charge in [-0.1, -0.05) is 25.0 Å². The van der Waals surface area contributed by atoms with Crippen molar-refractivity contribution in [3.8, 4) is 0 Å². The molecular formula is C15H21ClN2O3. The molecule has 1 amide bonds. The second kappa shape index (κ2) is 7.43. The van der Waals surface area contributed by atoms with Crippen LogP contribution in [0.3, 0.4) is 0 Å². The second-order valence-corrected chi connectivity index (χ2v) is 5.14. The number of hydrogen-bond acceptors (Lipinski definition) is 4. The molecule has 0 aliphatic heterocycles. The first kappa shape index (κ1) is 17.5. The maximum atomic E-state index is 12.3. The molecule has 6 heteroatoms. The predicted molar refractivity (Wildman–Crippen MR) is 82.3 cm³/mol. The van der Waals surface area contributed by atoms with E-state index in [1.54, 1.807) is 12.1 Å². The van der Waals surface area contributed by atoms with Gasteiger partial charge in [0.15, 0.2) is 0 Å². The van der Waals surface area contributed by atoms with Crippen LogP contribution in [0.25, 0.3) is 0 Å². The van der Waals surface area contributed by atoms with Gasteiger partial charge in [-0.3, -0.25) is 4.79 Å². The number of carbonyl (C=O) groups is 2. The molecule has 0 heterocycles. The molecule has 2 rings (SSSR count). The van der Waals surface area contributed by atoms with Gasteiger partial charge in [-0.25, -0.2) is 4.79 Å². The third-order valence-corrected chi connectivity index (χ3v) is 3.84. The Morgan fingerprint density at radius 1 is 1.24 bits per heavy atom. The fourth-order valence-corrected chi connectivity index (χ4v) is 2.64. The van der Waals surface area contributed by atoms with Crippen molar-refractivity contribution in [2.75, 3.05) is 7.11 Å². The van der Waals surface area contributed by atoms with Gasteiger partial charge in [-0.15, -0.1) is 12.4 Å². The van der Waals surface area contributed by atoms with Gasteiger partial charge in [0.25, 0.3) is 5.91 Å². The lowest BCUT2D eigenvalue weighted by Gasteiger charge is -2.27. The van der Waals surface area contributed by atoms with E-state index in [1.165, 1.54) is 7.11 Å². The van der Waals surface area contributed by atoms with E-state index in [4.69, 9.17) is 10.5 Å². The number of esters is 1. The van der Waals surface area contributed by atoms with Crippen molar-refractivity contribution in [2.24, 2.45) is 5.73 Å². The summed E-state index contributed by atoms with van der Waals surface area (Å²) in [5.41, 5.74) is 6.15. The SMILES string of the molecule is COC(=O)C1(NC(=O)c2ccc(CN)cc2)CCCC1.Cl. The standard InChI is InChI=1S/C15H20N2O3.ClH/c1-20-14(19)15(8-2-3-9-15)17-13(18)12-6-4-11(10-16)5-7-12;/h4-7H,2-3,8-10,16H2,1H3,(H,17,18);1H. The number of hydrogen-bond donors (Lipinski definition) is 2. The van der Waals surface area contributed by atoms with Crippen molar-refractivity contribution >= 4 is 24.3 Å². The molecule has 1 aliphatic carbocycles. The topological polar surface area (TPSA) is 81.4 Å². The molecule has 0 atom stereocenters. The number of nitrogens with two attached hydrogens (primary N) is 1. The van der Waals surface area contributed by atoms with Crippen LogP contribution in [-0.4, -0.2) is 24.5 Å². The molecule has 1 aliphatic rings. The molecule has 3 N–H and O–H groups in total. The van der Waals surface area contributed by atoms with E-state index >= 15 is 0 Å². The Morgan fingerprint density at radius 2 is 1.81 bits per heavy atom. The summed E-state index contributed by atoms with van der Waals surface area (Å²) < 4.78 is 4.84. The molecule has 0 saturated heterocycles. The minimum atomic E-state index is -0.863. The van der Waals surface area contributed by atoms with Gasteiger partial charge in [0.1, 0.15) is 5.54 Å². The van der Waals surface area contributed by atoms with Gasteiger partial charge >= 0.3 is 5.97 Å². The highest BCUT2D eigenvalue weighted by molar-refractivity contribution is 5.98. The van der Waals surface area contributed by atoms with E-state index in [-0.39, 0.29) is 24.3 Å². The van der Waals surface area contributed by atoms with Crippen LogP contribution in [0.15, 0.2) is 24.3 Å². The molecule has 116 valence electrons. The zero-order valence-electron chi connectivity index (χ0n) is 12.1. The smallest absolute Gasteiger partial charge is 0.331 e. The Balaban J connectivity index is 0.00000220. The molecule has 1 saturated carbocycles. The Morgan fingerprint density at radius 3 is 2.29 bits per heavy atom. The van der Waals surface area contributed by atoms with Crippen molar-refractivity contribution in [3.05, 3.63) is 35.4 Å². The number of nitrogens with one attached hydrogen (secondary N) is 1. The van der Waals surface area contributed by atoms with Gasteiger partial charge in [-0.05, 0) is 30.5 Å². The predicted octanol–water partition coefficient (Wildman–Crippen LogP) is 1.78. The van der Waals surface area contributed by atoms with Crippen LogP contribution in [0, 0.1) is 0 Å². The highest BCUT2D eigenvalue weighted by Crippen LogP contribution is 2.31. The maximum Gasteiger partial charge on any atom is 0.331 e. The van der Waals surface area contributed by atoms with Crippen molar-refractivity contribution in [2.45, 2.75) is 37.8 Å². The van der Waals surface area contributed by atoms with Crippen LogP contribution in [0.1, 0.15) is 41.6 Å². The first-order chi connectivity index (χ1) is 9.61. The minimum absolute atomic E-state index is 0. The summed E-state index contributed by atoms with van der Waals surface area (Å²) in [6, 6.07) is 7.07. The molecule has 0 aromatic heterocycles. The number of halogens is 1. The van der Waals surface area contributed by atoms with Crippen molar-refractivity contribution in [1.82, 2.24) is 5.32 Å². The molecule has 0 spiro atoms. The Bertz CT molecular complexity index is 496. The van der Waals surface area contributed by atoms with E-state index < -0.39 is 5.54 Å². The summed E-state index contributed by atoms with van der Waals surface area (Å²) in [4.78, 5) is 24.2. The van der Waals surface area contributed by atoms with Crippen LogP contribution in [0.5, 0.6) is 0 Å². The zero-order valence-corrected chi connectivity index (χ0v) is 12.9. The van der Waals surface area contributed by atoms with Crippen molar-refractivity contribution < 1.29 is 14.3 Å². The molecule has 5 nitrogen and oxygen atoms in total. The van der Waals surface area contributed by atoms with E-state index in [1.807, 2.05) is 12.1 Å². The van der Waals surface area contributed by atoms with Crippen LogP contribution >= 0.6 is 12.4 Å². The number of amides is 1. The lowest BCUT2D eigenvalue weighted by molar-refractivity contribution is -0.148. The fraction of sp³-hybridized carbons (Fsp3) is 0.467. The van der Waals surface area contributed by atoms with Gasteiger partial charge in [0.2, 0.25) is 0 Å². The van der Waals surface area contributed by atoms with Crippen LogP contribution in [0.2, 0.25) is 0 Å². The number of methoxy groups -OCH3 is 1. The molecule has 0 bridgehead atoms. The molecule has 1 aromatic carbocycles. The first-order valence-electron chi connectivity index (χ1n) is 6.81. The Hall–Kier alpha value is -1.59. The van der Waals surface area contributed by atoms with Crippen molar-refractivity contribution in [3.63, 3.8) is 0 Å². The minimum Gasteiger partial charge on any atom is -0.467 e. The molecule has 21 heavy (non-hydrogen) atoms. The Labute approximate surface area is 130 Å². The van der Waals surface area contributed by atoms with E-state index in [2.05, 4.69) is 5.32 Å². The summed E-state index contributed by atoms with van der Waals surface area (Å²) in [7, 11) is 1.35. The number of rotatable bonds is 4.